The molecule has 0 saturated heterocycles. The van der Waals surface area contributed by atoms with Crippen LogP contribution in [0.2, 0.25) is 0 Å². The third-order valence-corrected chi connectivity index (χ3v) is 7.43. The first-order valence-corrected chi connectivity index (χ1v) is 14.1. The summed E-state index contributed by atoms with van der Waals surface area (Å²) in [5, 5.41) is 2.82. The number of aryl methyl sites for hydroxylation is 1. The molecule has 1 N–H and O–H groups in total. The maximum Gasteiger partial charge on any atom is 0.242 e. The Morgan fingerprint density at radius 2 is 1.72 bits per heavy atom. The Balaban J connectivity index is 2.23. The highest BCUT2D eigenvalue weighted by Crippen LogP contribution is 2.25. The van der Waals surface area contributed by atoms with Crippen LogP contribution in [0.15, 0.2) is 42.5 Å². The summed E-state index contributed by atoms with van der Waals surface area (Å²) in [7, 11) is -1.95. The molecule has 0 radical (unpaired) electrons. The van der Waals surface area contributed by atoms with Gasteiger partial charge in [0.25, 0.3) is 0 Å². The third kappa shape index (κ3) is 7.71. The summed E-state index contributed by atoms with van der Waals surface area (Å²) in [6.45, 7) is 8.45. The van der Waals surface area contributed by atoms with Gasteiger partial charge in [0.05, 0.1) is 19.1 Å². The molecule has 198 valence electrons. The summed E-state index contributed by atoms with van der Waals surface area (Å²) in [6.07, 6.45) is 2.08. The van der Waals surface area contributed by atoms with Gasteiger partial charge in [-0.05, 0) is 68.5 Å². The third-order valence-electron chi connectivity index (χ3n) is 6.25. The second-order valence-corrected chi connectivity index (χ2v) is 10.8. The molecule has 2 aromatic carbocycles. The molecule has 1 atom stereocenters. The van der Waals surface area contributed by atoms with E-state index in [1.807, 2.05) is 64.1 Å². The smallest absolute Gasteiger partial charge is 0.242 e. The van der Waals surface area contributed by atoms with Crippen molar-refractivity contribution in [2.24, 2.45) is 0 Å². The lowest BCUT2D eigenvalue weighted by atomic mass is 10.1. The van der Waals surface area contributed by atoms with Gasteiger partial charge in [-0.15, -0.1) is 0 Å². The van der Waals surface area contributed by atoms with E-state index in [-0.39, 0.29) is 31.3 Å². The molecule has 0 unspecified atom stereocenters. The quantitative estimate of drug-likeness (QED) is 0.436. The van der Waals surface area contributed by atoms with E-state index in [2.05, 4.69) is 5.32 Å². The first-order chi connectivity index (χ1) is 17.0. The molecule has 2 rings (SSSR count). The van der Waals surface area contributed by atoms with E-state index in [0.717, 1.165) is 16.7 Å². The lowest BCUT2D eigenvalue weighted by Crippen LogP contribution is -2.49. The van der Waals surface area contributed by atoms with Crippen LogP contribution in [0.25, 0.3) is 0 Å². The molecule has 0 aromatic heterocycles. The molecule has 0 spiro atoms. The Bertz CT molecular complexity index is 1130. The van der Waals surface area contributed by atoms with Crippen molar-refractivity contribution in [3.63, 3.8) is 0 Å². The summed E-state index contributed by atoms with van der Waals surface area (Å²) >= 11 is 0. The number of hydrogen-bond donors (Lipinski definition) is 1. The number of carbonyl (C=O) groups excluding carboxylic acids is 2. The number of nitrogens with zero attached hydrogens (tertiary/aromatic N) is 2. The lowest BCUT2D eigenvalue weighted by molar-refractivity contribution is -0.141. The van der Waals surface area contributed by atoms with Crippen LogP contribution < -0.4 is 14.4 Å². The normalized spacial score (nSPS) is 12.1. The minimum Gasteiger partial charge on any atom is -0.497 e. The van der Waals surface area contributed by atoms with Crippen molar-refractivity contribution in [3.8, 4) is 5.75 Å². The molecule has 8 nitrogen and oxygen atoms in total. The van der Waals surface area contributed by atoms with Crippen molar-refractivity contribution >= 4 is 27.5 Å². The predicted molar refractivity (Wildman–Crippen MR) is 144 cm³/mol. The van der Waals surface area contributed by atoms with E-state index in [9.17, 15) is 18.0 Å². The number of rotatable bonds is 13. The monoisotopic (exact) mass is 517 g/mol. The van der Waals surface area contributed by atoms with Gasteiger partial charge in [0.2, 0.25) is 21.8 Å². The molecule has 0 heterocycles. The van der Waals surface area contributed by atoms with Crippen molar-refractivity contribution in [1.29, 1.82) is 0 Å². The van der Waals surface area contributed by atoms with Crippen LogP contribution in [-0.2, 0) is 26.2 Å². The molecule has 0 aliphatic carbocycles. The summed E-state index contributed by atoms with van der Waals surface area (Å²) in [4.78, 5) is 27.8. The first-order valence-electron chi connectivity index (χ1n) is 12.3. The van der Waals surface area contributed by atoms with Crippen LogP contribution in [0, 0.1) is 13.8 Å². The van der Waals surface area contributed by atoms with Crippen LogP contribution in [-0.4, -0.2) is 57.6 Å². The molecule has 0 saturated carbocycles. The Labute approximate surface area is 215 Å². The number of carbonyl (C=O) groups is 2. The molecule has 0 bridgehead atoms. The van der Waals surface area contributed by atoms with Gasteiger partial charge in [0.15, 0.2) is 0 Å². The number of sulfonamides is 1. The molecule has 0 aliphatic heterocycles. The SMILES string of the molecule is CCNC(=O)[C@@H](CC)N(Cc1ccc(OC)cc1)C(=O)CCCN(c1cccc(C)c1C)S(C)(=O)=O. The Morgan fingerprint density at radius 3 is 2.28 bits per heavy atom. The Kier molecular flexibility index (Phi) is 10.8. The Morgan fingerprint density at radius 1 is 1.06 bits per heavy atom. The highest BCUT2D eigenvalue weighted by Gasteiger charge is 2.28. The van der Waals surface area contributed by atoms with Crippen LogP contribution in [0.5, 0.6) is 5.75 Å². The van der Waals surface area contributed by atoms with Crippen LogP contribution in [0.3, 0.4) is 0 Å². The first kappa shape index (κ1) is 29.2. The van der Waals surface area contributed by atoms with Gasteiger partial charge in [-0.2, -0.15) is 0 Å². The molecular formula is C27H39N3O5S. The lowest BCUT2D eigenvalue weighted by Gasteiger charge is -2.31. The zero-order valence-corrected chi connectivity index (χ0v) is 23.0. The molecular weight excluding hydrogens is 478 g/mol. The van der Waals surface area contributed by atoms with Gasteiger partial charge in [0.1, 0.15) is 11.8 Å². The van der Waals surface area contributed by atoms with Gasteiger partial charge in [0, 0.05) is 26.1 Å². The number of methoxy groups -OCH3 is 1. The van der Waals surface area contributed by atoms with Crippen LogP contribution >= 0.6 is 0 Å². The van der Waals surface area contributed by atoms with Crippen LogP contribution in [0.1, 0.15) is 49.8 Å². The molecule has 36 heavy (non-hydrogen) atoms. The zero-order chi connectivity index (χ0) is 26.9. The summed E-state index contributed by atoms with van der Waals surface area (Å²) in [5.74, 6) is 0.313. The van der Waals surface area contributed by atoms with E-state index in [0.29, 0.717) is 30.8 Å². The number of anilines is 1. The largest absolute Gasteiger partial charge is 0.497 e. The number of nitrogens with one attached hydrogen (secondary N) is 1. The summed E-state index contributed by atoms with van der Waals surface area (Å²) in [5.41, 5.74) is 3.38. The molecule has 9 heteroatoms. The Hall–Kier alpha value is -3.07. The van der Waals surface area contributed by atoms with Crippen molar-refractivity contribution in [2.45, 2.75) is 59.5 Å². The van der Waals surface area contributed by atoms with E-state index >= 15 is 0 Å². The average Bonchev–Trinajstić information content (AvgIpc) is 2.83. The second-order valence-electron chi connectivity index (χ2n) is 8.85. The van der Waals surface area contributed by atoms with E-state index < -0.39 is 16.1 Å². The van der Waals surface area contributed by atoms with Gasteiger partial charge >= 0.3 is 0 Å². The number of benzene rings is 2. The summed E-state index contributed by atoms with van der Waals surface area (Å²) < 4.78 is 31.7. The molecule has 2 amide bonds. The predicted octanol–water partition coefficient (Wildman–Crippen LogP) is 3.80. The van der Waals surface area contributed by atoms with E-state index in [1.165, 1.54) is 10.6 Å². The van der Waals surface area contributed by atoms with Crippen LogP contribution in [0.4, 0.5) is 5.69 Å². The van der Waals surface area contributed by atoms with Crippen molar-refractivity contribution in [1.82, 2.24) is 10.2 Å². The standard InChI is InChI=1S/C27H39N3O5S/c1-7-24(27(32)28-8-2)29(19-22-14-16-23(35-5)17-15-22)26(31)13-10-18-30(36(6,33)34)25-12-9-11-20(3)21(25)4/h9,11-12,14-17,24H,7-8,10,13,18-19H2,1-6H3,(H,28,32)/t24-/m1/s1. The minimum atomic E-state index is -3.54. The van der Waals surface area contributed by atoms with Crippen molar-refractivity contribution < 1.29 is 22.7 Å². The maximum absolute atomic E-state index is 13.4. The summed E-state index contributed by atoms with van der Waals surface area (Å²) in [6, 6.07) is 12.3. The second kappa shape index (κ2) is 13.3. The fraction of sp³-hybridized carbons (Fsp3) is 0.481. The highest BCUT2D eigenvalue weighted by atomic mass is 32.2. The molecule has 2 aromatic rings. The van der Waals surface area contributed by atoms with E-state index in [1.54, 1.807) is 18.1 Å². The van der Waals surface area contributed by atoms with Gasteiger partial charge < -0.3 is 15.0 Å². The van der Waals surface area contributed by atoms with Gasteiger partial charge in [-0.25, -0.2) is 8.42 Å². The van der Waals surface area contributed by atoms with E-state index in [4.69, 9.17) is 4.74 Å². The van der Waals surface area contributed by atoms with Crippen molar-refractivity contribution in [2.75, 3.05) is 30.8 Å². The average molecular weight is 518 g/mol. The minimum absolute atomic E-state index is 0.114. The molecule has 0 fully saturated rings. The number of ether oxygens (including phenoxy) is 1. The van der Waals surface area contributed by atoms with Gasteiger partial charge in [-0.1, -0.05) is 31.2 Å². The number of amides is 2. The number of likely N-dealkylation sites (N-methyl/N-ethyl adjacent to an activating group) is 1. The molecule has 0 aliphatic rings. The fourth-order valence-electron chi connectivity index (χ4n) is 4.13. The zero-order valence-electron chi connectivity index (χ0n) is 22.2. The van der Waals surface area contributed by atoms with Gasteiger partial charge in [-0.3, -0.25) is 13.9 Å². The highest BCUT2D eigenvalue weighted by molar-refractivity contribution is 7.92. The maximum atomic E-state index is 13.4. The number of hydrogen-bond acceptors (Lipinski definition) is 5. The fourth-order valence-corrected chi connectivity index (χ4v) is 5.14. The van der Waals surface area contributed by atoms with Crippen molar-refractivity contribution in [3.05, 3.63) is 59.2 Å². The topological polar surface area (TPSA) is 96.0 Å².